The van der Waals surface area contributed by atoms with E-state index in [1.54, 1.807) is 42.3 Å². The van der Waals surface area contributed by atoms with E-state index in [0.717, 1.165) is 47.2 Å². The van der Waals surface area contributed by atoms with Gasteiger partial charge in [-0.3, -0.25) is 13.9 Å². The topological polar surface area (TPSA) is 62.5 Å². The lowest BCUT2D eigenvalue weighted by molar-refractivity contribution is 0.354. The highest BCUT2D eigenvalue weighted by molar-refractivity contribution is 7.18. The number of nitrogens with zero attached hydrogens (tertiary/aromatic N) is 2. The molecule has 2 heterocycles. The molecule has 0 saturated carbocycles. The molecule has 0 spiro atoms. The van der Waals surface area contributed by atoms with E-state index >= 15 is 0 Å². The van der Waals surface area contributed by atoms with E-state index in [-0.39, 0.29) is 24.3 Å². The number of hydrogen-bond donors (Lipinski definition) is 0. The highest BCUT2D eigenvalue weighted by Gasteiger charge is 2.24. The molecular formula is C27H26Cl2N2O4S. The first-order valence-electron chi connectivity index (χ1n) is 11.8. The van der Waals surface area contributed by atoms with Gasteiger partial charge in [0.2, 0.25) is 0 Å². The number of halogens is 2. The van der Waals surface area contributed by atoms with Gasteiger partial charge < -0.3 is 9.47 Å². The minimum atomic E-state index is -0.336. The summed E-state index contributed by atoms with van der Waals surface area (Å²) in [5, 5.41) is 1.70. The van der Waals surface area contributed by atoms with Crippen LogP contribution in [0.4, 0.5) is 0 Å². The zero-order chi connectivity index (χ0) is 25.4. The third-order valence-corrected chi connectivity index (χ3v) is 8.64. The summed E-state index contributed by atoms with van der Waals surface area (Å²) in [6.45, 7) is 0.517. The van der Waals surface area contributed by atoms with Crippen LogP contribution >= 0.6 is 34.5 Å². The van der Waals surface area contributed by atoms with Crippen LogP contribution in [0, 0.1) is 0 Å². The summed E-state index contributed by atoms with van der Waals surface area (Å²) < 4.78 is 13.8. The number of hydrogen-bond acceptors (Lipinski definition) is 5. The van der Waals surface area contributed by atoms with Gasteiger partial charge in [-0.2, -0.15) is 0 Å². The smallest absolute Gasteiger partial charge is 0.332 e. The van der Waals surface area contributed by atoms with E-state index in [4.69, 9.17) is 32.7 Å². The molecule has 6 nitrogen and oxygen atoms in total. The number of ether oxygens (including phenoxy) is 2. The summed E-state index contributed by atoms with van der Waals surface area (Å²) in [6, 6.07) is 10.9. The number of methoxy groups -OCH3 is 2. The van der Waals surface area contributed by atoms with Crippen molar-refractivity contribution >= 4 is 44.8 Å². The van der Waals surface area contributed by atoms with Gasteiger partial charge in [-0.25, -0.2) is 4.79 Å². The fourth-order valence-electron chi connectivity index (χ4n) is 4.85. The van der Waals surface area contributed by atoms with Gasteiger partial charge in [0.1, 0.15) is 4.83 Å². The van der Waals surface area contributed by atoms with Gasteiger partial charge in [-0.15, -0.1) is 11.3 Å². The number of fused-ring (bicyclic) bond motifs is 3. The first-order chi connectivity index (χ1) is 17.4. The number of aryl methyl sites for hydroxylation is 3. The van der Waals surface area contributed by atoms with Gasteiger partial charge >= 0.3 is 5.69 Å². The maximum atomic E-state index is 13.8. The van der Waals surface area contributed by atoms with Crippen LogP contribution in [0.3, 0.4) is 0 Å². The zero-order valence-corrected chi connectivity index (χ0v) is 22.4. The van der Waals surface area contributed by atoms with E-state index in [1.807, 2.05) is 24.3 Å². The lowest BCUT2D eigenvalue weighted by Crippen LogP contribution is -2.40. The molecule has 0 atom stereocenters. The molecule has 0 radical (unpaired) electrons. The van der Waals surface area contributed by atoms with Crippen molar-refractivity contribution in [2.24, 2.45) is 0 Å². The van der Waals surface area contributed by atoms with Crippen LogP contribution in [0.1, 0.15) is 34.4 Å². The predicted octanol–water partition coefficient (Wildman–Crippen LogP) is 5.72. The molecule has 0 unspecified atom stereocenters. The van der Waals surface area contributed by atoms with Gasteiger partial charge in [-0.05, 0) is 73.1 Å². The lowest BCUT2D eigenvalue weighted by Gasteiger charge is -2.15. The molecule has 5 rings (SSSR count). The molecule has 9 heteroatoms. The van der Waals surface area contributed by atoms with E-state index in [9.17, 15) is 9.59 Å². The van der Waals surface area contributed by atoms with Crippen molar-refractivity contribution in [2.75, 3.05) is 14.2 Å². The van der Waals surface area contributed by atoms with Crippen molar-refractivity contribution in [3.8, 4) is 11.5 Å². The summed E-state index contributed by atoms with van der Waals surface area (Å²) >= 11 is 14.1. The van der Waals surface area contributed by atoms with Crippen LogP contribution in [0.5, 0.6) is 11.5 Å². The molecule has 0 N–H and O–H groups in total. The Balaban J connectivity index is 1.61. The molecule has 0 saturated heterocycles. The minimum Gasteiger partial charge on any atom is -0.493 e. The molecule has 1 aliphatic carbocycles. The quantitative estimate of drug-likeness (QED) is 0.298. The number of aromatic nitrogens is 2. The maximum Gasteiger partial charge on any atom is 0.332 e. The van der Waals surface area contributed by atoms with Crippen LogP contribution in [-0.4, -0.2) is 23.4 Å². The average molecular weight is 545 g/mol. The second-order valence-electron chi connectivity index (χ2n) is 8.89. The van der Waals surface area contributed by atoms with Crippen LogP contribution < -0.4 is 20.7 Å². The second kappa shape index (κ2) is 10.3. The summed E-state index contributed by atoms with van der Waals surface area (Å²) in [5.74, 6) is 1.24. The number of rotatable bonds is 7. The summed E-state index contributed by atoms with van der Waals surface area (Å²) in [6.07, 6.45) is 4.44. The number of thiophene rings is 1. The Hall–Kier alpha value is -2.74. The van der Waals surface area contributed by atoms with Crippen molar-refractivity contribution in [1.29, 1.82) is 0 Å². The molecule has 0 amide bonds. The fourth-order valence-corrected chi connectivity index (χ4v) is 6.69. The molecule has 0 fully saturated rings. The second-order valence-corrected chi connectivity index (χ2v) is 10.8. The van der Waals surface area contributed by atoms with Crippen LogP contribution in [0.25, 0.3) is 10.2 Å². The molecule has 36 heavy (non-hydrogen) atoms. The third kappa shape index (κ3) is 4.56. The summed E-state index contributed by atoms with van der Waals surface area (Å²) in [7, 11) is 3.17. The van der Waals surface area contributed by atoms with Crippen molar-refractivity contribution < 1.29 is 9.47 Å². The Bertz CT molecular complexity index is 1570. The minimum absolute atomic E-state index is 0.215. The van der Waals surface area contributed by atoms with E-state index in [1.165, 1.54) is 9.44 Å². The Morgan fingerprint density at radius 2 is 1.72 bits per heavy atom. The van der Waals surface area contributed by atoms with E-state index < -0.39 is 0 Å². The molecule has 0 bridgehead atoms. The highest BCUT2D eigenvalue weighted by atomic mass is 35.5. The molecule has 0 aliphatic heterocycles. The van der Waals surface area contributed by atoms with Gasteiger partial charge in [0.15, 0.2) is 11.5 Å². The first-order valence-corrected chi connectivity index (χ1v) is 13.4. The lowest BCUT2D eigenvalue weighted by atomic mass is 9.97. The summed E-state index contributed by atoms with van der Waals surface area (Å²) in [4.78, 5) is 29.4. The maximum absolute atomic E-state index is 13.8. The Kier molecular flexibility index (Phi) is 7.15. The Morgan fingerprint density at radius 1 is 0.944 bits per heavy atom. The molecule has 1 aliphatic rings. The Labute approximate surface area is 222 Å². The standard InChI is InChI=1S/C27H26Cl2N2O4S/c1-34-21-10-7-16(13-22(21)35-2)11-12-30-25(32)24-19-5-3-4-6-23(19)36-26(24)31(27(30)33)15-17-8-9-18(28)14-20(17)29/h7-10,13-14H,3-6,11-12,15H2,1-2H3. The monoisotopic (exact) mass is 544 g/mol. The zero-order valence-electron chi connectivity index (χ0n) is 20.1. The summed E-state index contributed by atoms with van der Waals surface area (Å²) in [5.41, 5.74) is 2.27. The van der Waals surface area contributed by atoms with Gasteiger partial charge in [0.05, 0.1) is 26.2 Å². The third-order valence-electron chi connectivity index (χ3n) is 6.73. The molecule has 2 aromatic carbocycles. The molecule has 4 aromatic rings. The van der Waals surface area contributed by atoms with Gasteiger partial charge in [0, 0.05) is 21.5 Å². The van der Waals surface area contributed by atoms with Gasteiger partial charge in [0.25, 0.3) is 5.56 Å². The van der Waals surface area contributed by atoms with Crippen molar-refractivity contribution in [3.05, 3.63) is 88.8 Å². The van der Waals surface area contributed by atoms with Crippen LogP contribution in [-0.2, 0) is 32.4 Å². The average Bonchev–Trinajstić information content (AvgIpc) is 3.27. The largest absolute Gasteiger partial charge is 0.493 e. The van der Waals surface area contributed by atoms with Crippen molar-refractivity contribution in [1.82, 2.24) is 9.13 Å². The SMILES string of the molecule is COc1ccc(CCn2c(=O)c3c4c(sc3n(Cc3ccc(Cl)cc3Cl)c2=O)CCCC4)cc1OC. The number of benzene rings is 2. The van der Waals surface area contributed by atoms with Crippen molar-refractivity contribution in [3.63, 3.8) is 0 Å². The normalized spacial score (nSPS) is 13.1. The molecule has 2 aromatic heterocycles. The van der Waals surface area contributed by atoms with E-state index in [0.29, 0.717) is 33.4 Å². The highest BCUT2D eigenvalue weighted by Crippen LogP contribution is 2.35. The fraction of sp³-hybridized carbons (Fsp3) is 0.333. The first kappa shape index (κ1) is 24.9. The van der Waals surface area contributed by atoms with Gasteiger partial charge in [-0.1, -0.05) is 35.3 Å². The predicted molar refractivity (Wildman–Crippen MR) is 146 cm³/mol. The molecular weight excluding hydrogens is 519 g/mol. The molecule has 188 valence electrons. The Morgan fingerprint density at radius 3 is 2.47 bits per heavy atom. The van der Waals surface area contributed by atoms with Crippen LogP contribution in [0.2, 0.25) is 10.0 Å². The van der Waals surface area contributed by atoms with Crippen molar-refractivity contribution in [2.45, 2.75) is 45.2 Å². The van der Waals surface area contributed by atoms with Crippen LogP contribution in [0.15, 0.2) is 46.0 Å². The van der Waals surface area contributed by atoms with E-state index in [2.05, 4.69) is 0 Å².